The minimum Gasteiger partial charge on any atom is -0.479 e. The molecule has 0 bridgehead atoms. The molecule has 0 saturated carbocycles. The highest BCUT2D eigenvalue weighted by Gasteiger charge is 2.13. The molecule has 0 spiro atoms. The molecule has 0 saturated heterocycles. The fraction of sp³-hybridized carbons (Fsp3) is 0.273. The summed E-state index contributed by atoms with van der Waals surface area (Å²) in [6.45, 7) is 0.0114. The van der Waals surface area contributed by atoms with Crippen LogP contribution in [0.5, 0.6) is 0 Å². The SMILES string of the molecule is O=C(NCCC(O)C(=O)O)Nc1cccc(Cl)c1Cl. The van der Waals surface area contributed by atoms with E-state index in [1.807, 2.05) is 0 Å². The first kappa shape index (κ1) is 15.6. The molecule has 0 heterocycles. The van der Waals surface area contributed by atoms with E-state index < -0.39 is 18.1 Å². The number of aliphatic carboxylic acids is 1. The maximum absolute atomic E-state index is 11.5. The van der Waals surface area contributed by atoms with Crippen LogP contribution in [0.4, 0.5) is 10.5 Å². The maximum Gasteiger partial charge on any atom is 0.332 e. The summed E-state index contributed by atoms with van der Waals surface area (Å²) in [6, 6.07) is 4.20. The van der Waals surface area contributed by atoms with Crippen LogP contribution in [0.2, 0.25) is 10.0 Å². The van der Waals surface area contributed by atoms with Crippen LogP contribution < -0.4 is 10.6 Å². The summed E-state index contributed by atoms with van der Waals surface area (Å²) in [6.07, 6.45) is -1.60. The van der Waals surface area contributed by atoms with Crippen LogP contribution in [0.1, 0.15) is 6.42 Å². The van der Waals surface area contributed by atoms with Crippen LogP contribution in [-0.2, 0) is 4.79 Å². The van der Waals surface area contributed by atoms with Gasteiger partial charge in [0.2, 0.25) is 0 Å². The molecular weight excluding hydrogens is 295 g/mol. The zero-order chi connectivity index (χ0) is 14.4. The third kappa shape index (κ3) is 4.94. The van der Waals surface area contributed by atoms with Crippen molar-refractivity contribution in [3.63, 3.8) is 0 Å². The number of carbonyl (C=O) groups is 2. The maximum atomic E-state index is 11.5. The van der Waals surface area contributed by atoms with Gasteiger partial charge in [-0.3, -0.25) is 0 Å². The molecular formula is C11H12Cl2N2O4. The van der Waals surface area contributed by atoms with Gasteiger partial charge in [0.1, 0.15) is 0 Å². The van der Waals surface area contributed by atoms with Gasteiger partial charge in [-0.15, -0.1) is 0 Å². The standard InChI is InChI=1S/C11H12Cl2N2O4/c12-6-2-1-3-7(9(6)13)15-11(19)14-5-4-8(16)10(17)18/h1-3,8,16H,4-5H2,(H,17,18)(H2,14,15,19). The average molecular weight is 307 g/mol. The zero-order valence-corrected chi connectivity index (χ0v) is 11.2. The summed E-state index contributed by atoms with van der Waals surface area (Å²) in [5.41, 5.74) is 0.338. The molecule has 0 fully saturated rings. The highest BCUT2D eigenvalue weighted by atomic mass is 35.5. The van der Waals surface area contributed by atoms with Gasteiger partial charge in [-0.25, -0.2) is 9.59 Å². The van der Waals surface area contributed by atoms with Gasteiger partial charge in [0, 0.05) is 13.0 Å². The van der Waals surface area contributed by atoms with E-state index in [-0.39, 0.29) is 18.0 Å². The van der Waals surface area contributed by atoms with E-state index in [9.17, 15) is 9.59 Å². The summed E-state index contributed by atoms with van der Waals surface area (Å²) in [7, 11) is 0. The fourth-order valence-corrected chi connectivity index (χ4v) is 1.56. The first-order valence-corrected chi connectivity index (χ1v) is 6.07. The molecule has 6 nitrogen and oxygen atoms in total. The molecule has 0 aliphatic carbocycles. The zero-order valence-electron chi connectivity index (χ0n) is 9.69. The summed E-state index contributed by atoms with van der Waals surface area (Å²) < 4.78 is 0. The molecule has 8 heteroatoms. The van der Waals surface area contributed by atoms with Crippen molar-refractivity contribution in [2.24, 2.45) is 0 Å². The van der Waals surface area contributed by atoms with Gasteiger partial charge in [0.25, 0.3) is 0 Å². The van der Waals surface area contributed by atoms with E-state index in [1.54, 1.807) is 18.2 Å². The van der Waals surface area contributed by atoms with Crippen LogP contribution in [0.15, 0.2) is 18.2 Å². The number of urea groups is 1. The third-order valence-corrected chi connectivity index (χ3v) is 3.01. The number of rotatable bonds is 5. The number of carbonyl (C=O) groups excluding carboxylic acids is 1. The molecule has 0 aromatic heterocycles. The van der Waals surface area contributed by atoms with E-state index in [1.165, 1.54) is 0 Å². The highest BCUT2D eigenvalue weighted by molar-refractivity contribution is 6.43. The van der Waals surface area contributed by atoms with E-state index in [4.69, 9.17) is 33.4 Å². The number of hydrogen-bond donors (Lipinski definition) is 4. The van der Waals surface area contributed by atoms with Crippen LogP contribution in [0, 0.1) is 0 Å². The molecule has 1 aromatic carbocycles. The molecule has 1 atom stereocenters. The van der Waals surface area contributed by atoms with Crippen molar-refractivity contribution in [2.45, 2.75) is 12.5 Å². The summed E-state index contributed by atoms with van der Waals surface area (Å²) in [4.78, 5) is 21.8. The molecule has 4 N–H and O–H groups in total. The second kappa shape index (κ2) is 7.18. The number of hydrogen-bond acceptors (Lipinski definition) is 3. The molecule has 0 aliphatic rings. The third-order valence-electron chi connectivity index (χ3n) is 2.19. The predicted molar refractivity (Wildman–Crippen MR) is 71.7 cm³/mol. The Morgan fingerprint density at radius 1 is 1.32 bits per heavy atom. The van der Waals surface area contributed by atoms with E-state index in [0.717, 1.165) is 0 Å². The Hall–Kier alpha value is -1.50. The summed E-state index contributed by atoms with van der Waals surface area (Å²) >= 11 is 11.6. The second-order valence-corrected chi connectivity index (χ2v) is 4.41. The Morgan fingerprint density at radius 2 is 2.00 bits per heavy atom. The van der Waals surface area contributed by atoms with Crippen molar-refractivity contribution < 1.29 is 19.8 Å². The van der Waals surface area contributed by atoms with Crippen molar-refractivity contribution >= 4 is 40.9 Å². The van der Waals surface area contributed by atoms with Gasteiger partial charge in [-0.1, -0.05) is 29.3 Å². The quantitative estimate of drug-likeness (QED) is 0.668. The number of halogens is 2. The van der Waals surface area contributed by atoms with Crippen molar-refractivity contribution in [3.05, 3.63) is 28.2 Å². The molecule has 0 radical (unpaired) electrons. The molecule has 1 rings (SSSR count). The minimum atomic E-state index is -1.50. The number of aliphatic hydroxyl groups excluding tert-OH is 1. The molecule has 104 valence electrons. The number of carboxylic acids is 1. The van der Waals surface area contributed by atoms with Crippen LogP contribution in [0.3, 0.4) is 0 Å². The van der Waals surface area contributed by atoms with Gasteiger partial charge < -0.3 is 20.8 Å². The number of aliphatic hydroxyl groups is 1. The number of anilines is 1. The lowest BCUT2D eigenvalue weighted by molar-refractivity contribution is -0.146. The Kier molecular flexibility index (Phi) is 5.88. The monoisotopic (exact) mass is 306 g/mol. The Bertz CT molecular complexity index is 482. The molecule has 1 aromatic rings. The van der Waals surface area contributed by atoms with Gasteiger partial charge in [-0.05, 0) is 12.1 Å². The first-order chi connectivity index (χ1) is 8.91. The van der Waals surface area contributed by atoms with Crippen LogP contribution in [-0.4, -0.2) is 34.9 Å². The van der Waals surface area contributed by atoms with Crippen molar-refractivity contribution in [2.75, 3.05) is 11.9 Å². The van der Waals surface area contributed by atoms with Gasteiger partial charge >= 0.3 is 12.0 Å². The lowest BCUT2D eigenvalue weighted by Crippen LogP contribution is -2.33. The Morgan fingerprint density at radius 3 is 2.63 bits per heavy atom. The number of nitrogens with one attached hydrogen (secondary N) is 2. The fourth-order valence-electron chi connectivity index (χ4n) is 1.21. The van der Waals surface area contributed by atoms with E-state index in [2.05, 4.69) is 10.6 Å². The van der Waals surface area contributed by atoms with Crippen molar-refractivity contribution in [3.8, 4) is 0 Å². The molecule has 0 aliphatic heterocycles. The normalized spacial score (nSPS) is 11.7. The van der Waals surface area contributed by atoms with E-state index >= 15 is 0 Å². The van der Waals surface area contributed by atoms with E-state index in [0.29, 0.717) is 10.7 Å². The topological polar surface area (TPSA) is 98.7 Å². The molecule has 2 amide bonds. The lowest BCUT2D eigenvalue weighted by atomic mass is 10.2. The largest absolute Gasteiger partial charge is 0.479 e. The molecule has 19 heavy (non-hydrogen) atoms. The lowest BCUT2D eigenvalue weighted by Gasteiger charge is -2.10. The van der Waals surface area contributed by atoms with Gasteiger partial charge in [0.05, 0.1) is 15.7 Å². The smallest absolute Gasteiger partial charge is 0.332 e. The second-order valence-electron chi connectivity index (χ2n) is 3.62. The number of carboxylic acid groups (broad SMARTS) is 1. The first-order valence-electron chi connectivity index (χ1n) is 5.31. The van der Waals surface area contributed by atoms with Gasteiger partial charge in [-0.2, -0.15) is 0 Å². The Balaban J connectivity index is 2.43. The van der Waals surface area contributed by atoms with Crippen molar-refractivity contribution in [1.29, 1.82) is 0 Å². The Labute approximate surface area is 119 Å². The van der Waals surface area contributed by atoms with Crippen molar-refractivity contribution in [1.82, 2.24) is 5.32 Å². The summed E-state index contributed by atoms with van der Waals surface area (Å²) in [5.74, 6) is -1.33. The number of benzene rings is 1. The predicted octanol–water partition coefficient (Wildman–Crippen LogP) is 1.95. The average Bonchev–Trinajstić information content (AvgIpc) is 2.34. The summed E-state index contributed by atoms with van der Waals surface area (Å²) in [5, 5.41) is 22.8. The van der Waals surface area contributed by atoms with Crippen LogP contribution >= 0.6 is 23.2 Å². The van der Waals surface area contributed by atoms with Crippen LogP contribution in [0.25, 0.3) is 0 Å². The molecule has 1 unspecified atom stereocenters. The van der Waals surface area contributed by atoms with Gasteiger partial charge in [0.15, 0.2) is 6.10 Å². The minimum absolute atomic E-state index is 0.0114. The highest BCUT2D eigenvalue weighted by Crippen LogP contribution is 2.29. The number of amides is 2.